The van der Waals surface area contributed by atoms with Crippen LogP contribution in [0, 0.1) is 11.3 Å². The van der Waals surface area contributed by atoms with Gasteiger partial charge in [-0.3, -0.25) is 0 Å². The van der Waals surface area contributed by atoms with Crippen molar-refractivity contribution in [2.75, 3.05) is 12.3 Å². The summed E-state index contributed by atoms with van der Waals surface area (Å²) in [6, 6.07) is 6.56. The van der Waals surface area contributed by atoms with Crippen molar-refractivity contribution in [1.82, 2.24) is 0 Å². The zero-order valence-corrected chi connectivity index (χ0v) is 10.6. The van der Waals surface area contributed by atoms with Gasteiger partial charge in [-0.15, -0.1) is 0 Å². The van der Waals surface area contributed by atoms with Crippen LogP contribution in [0.25, 0.3) is 0 Å². The lowest BCUT2D eigenvalue weighted by molar-refractivity contribution is 0.0318. The number of carbonyl (C=O) groups excluding carboxylic acids is 1. The van der Waals surface area contributed by atoms with Crippen LogP contribution >= 0.6 is 0 Å². The lowest BCUT2D eigenvalue weighted by Crippen LogP contribution is -2.15. The van der Waals surface area contributed by atoms with Gasteiger partial charge in [0.2, 0.25) is 0 Å². The van der Waals surface area contributed by atoms with Crippen molar-refractivity contribution in [1.29, 1.82) is 5.26 Å². The topological polar surface area (TPSA) is 85.3 Å². The fraction of sp³-hybridized carbons (Fsp3) is 0.429. The highest BCUT2D eigenvalue weighted by Crippen LogP contribution is 2.25. The van der Waals surface area contributed by atoms with E-state index < -0.39 is 0 Å². The molecule has 100 valence electrons. The monoisotopic (exact) mass is 260 g/mol. The molecule has 0 spiro atoms. The maximum absolute atomic E-state index is 11.9. The van der Waals surface area contributed by atoms with Crippen molar-refractivity contribution in [3.63, 3.8) is 0 Å². The molecule has 0 unspecified atom stereocenters. The van der Waals surface area contributed by atoms with Crippen LogP contribution in [-0.2, 0) is 4.74 Å². The molecular weight excluding hydrogens is 244 g/mol. The third kappa shape index (κ3) is 3.38. The molecule has 1 aliphatic carbocycles. The van der Waals surface area contributed by atoms with Crippen LogP contribution in [0.3, 0.4) is 0 Å². The molecule has 1 saturated carbocycles. The SMILES string of the molecule is N#CCOc1ccc(C(=O)OC2CCCC2)cc1N. The third-order valence-electron chi connectivity index (χ3n) is 3.11. The molecule has 0 aliphatic heterocycles. The summed E-state index contributed by atoms with van der Waals surface area (Å²) in [5.74, 6) is 0.0457. The molecular formula is C14H16N2O3. The highest BCUT2D eigenvalue weighted by molar-refractivity contribution is 5.91. The van der Waals surface area contributed by atoms with Crippen LogP contribution in [0.5, 0.6) is 5.75 Å². The van der Waals surface area contributed by atoms with E-state index >= 15 is 0 Å². The van der Waals surface area contributed by atoms with Crippen LogP contribution in [0.15, 0.2) is 18.2 Å². The zero-order valence-electron chi connectivity index (χ0n) is 10.6. The Labute approximate surface area is 111 Å². The van der Waals surface area contributed by atoms with E-state index in [9.17, 15) is 4.79 Å². The van der Waals surface area contributed by atoms with Gasteiger partial charge in [0.05, 0.1) is 11.3 Å². The van der Waals surface area contributed by atoms with Crippen molar-refractivity contribution in [3.05, 3.63) is 23.8 Å². The third-order valence-corrected chi connectivity index (χ3v) is 3.11. The smallest absolute Gasteiger partial charge is 0.338 e. The van der Waals surface area contributed by atoms with Crippen LogP contribution in [0.2, 0.25) is 0 Å². The molecule has 5 heteroatoms. The number of benzene rings is 1. The lowest BCUT2D eigenvalue weighted by Gasteiger charge is -2.12. The van der Waals surface area contributed by atoms with Gasteiger partial charge in [0.1, 0.15) is 17.9 Å². The molecule has 1 aromatic rings. The van der Waals surface area contributed by atoms with E-state index in [-0.39, 0.29) is 18.7 Å². The van der Waals surface area contributed by atoms with E-state index in [1.807, 2.05) is 6.07 Å². The van der Waals surface area contributed by atoms with Gasteiger partial charge < -0.3 is 15.2 Å². The Bertz CT molecular complexity index is 502. The molecule has 0 aromatic heterocycles. The summed E-state index contributed by atoms with van der Waals surface area (Å²) in [6.45, 7) is -0.0733. The second-order valence-electron chi connectivity index (χ2n) is 4.51. The van der Waals surface area contributed by atoms with Crippen LogP contribution in [0.4, 0.5) is 5.69 Å². The van der Waals surface area contributed by atoms with Gasteiger partial charge in [0.15, 0.2) is 6.61 Å². The second-order valence-corrected chi connectivity index (χ2v) is 4.51. The number of hydrogen-bond acceptors (Lipinski definition) is 5. The number of esters is 1. The van der Waals surface area contributed by atoms with E-state index in [1.54, 1.807) is 12.1 Å². The molecule has 5 nitrogen and oxygen atoms in total. The van der Waals surface area contributed by atoms with E-state index in [0.29, 0.717) is 17.0 Å². The minimum atomic E-state index is -0.356. The molecule has 0 atom stereocenters. The highest BCUT2D eigenvalue weighted by Gasteiger charge is 2.20. The Morgan fingerprint density at radius 3 is 2.79 bits per heavy atom. The van der Waals surface area contributed by atoms with Crippen LogP contribution in [0.1, 0.15) is 36.0 Å². The van der Waals surface area contributed by atoms with Crippen molar-refractivity contribution >= 4 is 11.7 Å². The Kier molecular flexibility index (Phi) is 4.24. The highest BCUT2D eigenvalue weighted by atomic mass is 16.5. The zero-order chi connectivity index (χ0) is 13.7. The number of nitrogen functional groups attached to an aromatic ring is 1. The molecule has 0 saturated heterocycles. The first-order valence-corrected chi connectivity index (χ1v) is 6.31. The number of rotatable bonds is 4. The molecule has 1 aromatic carbocycles. The first-order chi connectivity index (χ1) is 9.20. The maximum Gasteiger partial charge on any atom is 0.338 e. The predicted molar refractivity (Wildman–Crippen MR) is 69.6 cm³/mol. The standard InChI is InChI=1S/C14H16N2O3/c15-7-8-18-13-6-5-10(9-12(13)16)14(17)19-11-3-1-2-4-11/h5-6,9,11H,1-4,8,16H2. The molecule has 2 N–H and O–H groups in total. The molecule has 1 fully saturated rings. The summed E-state index contributed by atoms with van der Waals surface area (Å²) in [6.07, 6.45) is 4.13. The predicted octanol–water partition coefficient (Wildman–Crippen LogP) is 2.27. The minimum Gasteiger partial charge on any atom is -0.477 e. The number of nitriles is 1. The number of nitrogens with zero attached hydrogens (tertiary/aromatic N) is 1. The average molecular weight is 260 g/mol. The van der Waals surface area contributed by atoms with E-state index in [2.05, 4.69) is 0 Å². The van der Waals surface area contributed by atoms with Gasteiger partial charge in [-0.05, 0) is 43.9 Å². The molecule has 0 bridgehead atoms. The van der Waals surface area contributed by atoms with Gasteiger partial charge in [-0.1, -0.05) is 0 Å². The Balaban J connectivity index is 2.02. The Hall–Kier alpha value is -2.22. The average Bonchev–Trinajstić information content (AvgIpc) is 2.90. The summed E-state index contributed by atoms with van der Waals surface area (Å²) in [7, 11) is 0. The molecule has 1 aliphatic rings. The first kappa shape index (κ1) is 13.2. The quantitative estimate of drug-likeness (QED) is 0.663. The van der Waals surface area contributed by atoms with Crippen molar-refractivity contribution < 1.29 is 14.3 Å². The number of hydrogen-bond donors (Lipinski definition) is 1. The number of nitrogens with two attached hydrogens (primary N) is 1. The number of carbonyl (C=O) groups is 1. The minimum absolute atomic E-state index is 0.0308. The van der Waals surface area contributed by atoms with E-state index in [1.165, 1.54) is 6.07 Å². The van der Waals surface area contributed by atoms with E-state index in [4.69, 9.17) is 20.5 Å². The van der Waals surface area contributed by atoms with E-state index in [0.717, 1.165) is 25.7 Å². The largest absolute Gasteiger partial charge is 0.477 e. The maximum atomic E-state index is 11.9. The van der Waals surface area contributed by atoms with Gasteiger partial charge in [0.25, 0.3) is 0 Å². The summed E-state index contributed by atoms with van der Waals surface area (Å²) in [5, 5.41) is 8.43. The normalized spacial score (nSPS) is 14.9. The van der Waals surface area contributed by atoms with Gasteiger partial charge >= 0.3 is 5.97 Å². The molecule has 19 heavy (non-hydrogen) atoms. The molecule has 0 radical (unpaired) electrons. The van der Waals surface area contributed by atoms with Crippen LogP contribution < -0.4 is 10.5 Å². The van der Waals surface area contributed by atoms with Gasteiger partial charge in [0, 0.05) is 0 Å². The Morgan fingerprint density at radius 2 is 2.16 bits per heavy atom. The number of ether oxygens (including phenoxy) is 2. The summed E-state index contributed by atoms with van der Waals surface area (Å²) in [4.78, 5) is 11.9. The fourth-order valence-electron chi connectivity index (χ4n) is 2.14. The number of anilines is 1. The van der Waals surface area contributed by atoms with Crippen molar-refractivity contribution in [2.24, 2.45) is 0 Å². The molecule has 0 amide bonds. The van der Waals surface area contributed by atoms with Crippen molar-refractivity contribution in [3.8, 4) is 11.8 Å². The molecule has 0 heterocycles. The summed E-state index contributed by atoms with van der Waals surface area (Å²) >= 11 is 0. The van der Waals surface area contributed by atoms with Crippen LogP contribution in [-0.4, -0.2) is 18.7 Å². The fourth-order valence-corrected chi connectivity index (χ4v) is 2.14. The van der Waals surface area contributed by atoms with Crippen molar-refractivity contribution in [2.45, 2.75) is 31.8 Å². The summed E-state index contributed by atoms with van der Waals surface area (Å²) < 4.78 is 10.5. The summed E-state index contributed by atoms with van der Waals surface area (Å²) in [5.41, 5.74) is 6.51. The first-order valence-electron chi connectivity index (χ1n) is 6.31. The second kappa shape index (κ2) is 6.10. The Morgan fingerprint density at radius 1 is 1.42 bits per heavy atom. The molecule has 2 rings (SSSR count). The van der Waals surface area contributed by atoms with Gasteiger partial charge in [-0.2, -0.15) is 5.26 Å². The van der Waals surface area contributed by atoms with Gasteiger partial charge in [-0.25, -0.2) is 4.79 Å². The lowest BCUT2D eigenvalue weighted by atomic mass is 10.2.